The average molecular weight is 530 g/mol. The number of methoxy groups -OCH3 is 1. The SMILES string of the molecule is COCCOCc1ccc(C(=O)Nc2ccc(-c3ccccc3)cc2)cc1NC(=O)CN1CC2CCC(C1)O2. The van der Waals surface area contributed by atoms with Crippen molar-refractivity contribution >= 4 is 23.2 Å². The van der Waals surface area contributed by atoms with Crippen molar-refractivity contribution in [2.24, 2.45) is 0 Å². The molecule has 2 heterocycles. The molecule has 0 aromatic heterocycles. The van der Waals surface area contributed by atoms with E-state index < -0.39 is 0 Å². The Balaban J connectivity index is 1.26. The van der Waals surface area contributed by atoms with Gasteiger partial charge in [-0.15, -0.1) is 0 Å². The smallest absolute Gasteiger partial charge is 0.255 e. The quantitative estimate of drug-likeness (QED) is 0.354. The van der Waals surface area contributed by atoms with E-state index in [1.54, 1.807) is 19.2 Å². The molecule has 2 aliphatic rings. The van der Waals surface area contributed by atoms with Gasteiger partial charge in [-0.1, -0.05) is 48.5 Å². The highest BCUT2D eigenvalue weighted by molar-refractivity contribution is 6.05. The van der Waals surface area contributed by atoms with Gasteiger partial charge >= 0.3 is 0 Å². The number of likely N-dealkylation sites (tertiary alicyclic amines) is 1. The van der Waals surface area contributed by atoms with Crippen molar-refractivity contribution in [3.8, 4) is 11.1 Å². The molecule has 0 saturated carbocycles. The first-order valence-corrected chi connectivity index (χ1v) is 13.4. The first-order valence-electron chi connectivity index (χ1n) is 13.4. The van der Waals surface area contributed by atoms with E-state index in [1.807, 2.05) is 60.7 Å². The average Bonchev–Trinajstić information content (AvgIpc) is 3.30. The van der Waals surface area contributed by atoms with Crippen molar-refractivity contribution in [2.45, 2.75) is 31.7 Å². The Morgan fingerprint density at radius 3 is 2.33 bits per heavy atom. The maximum atomic E-state index is 13.1. The molecule has 2 bridgehead atoms. The Kier molecular flexibility index (Phi) is 9.00. The van der Waals surface area contributed by atoms with E-state index in [0.717, 1.165) is 42.6 Å². The van der Waals surface area contributed by atoms with Crippen LogP contribution in [0.4, 0.5) is 11.4 Å². The molecule has 2 amide bonds. The summed E-state index contributed by atoms with van der Waals surface area (Å²) in [5, 5.41) is 5.98. The molecule has 5 rings (SSSR count). The summed E-state index contributed by atoms with van der Waals surface area (Å²) in [6.07, 6.45) is 2.54. The number of nitrogens with one attached hydrogen (secondary N) is 2. The van der Waals surface area contributed by atoms with Crippen LogP contribution in [-0.4, -0.2) is 68.9 Å². The van der Waals surface area contributed by atoms with Crippen molar-refractivity contribution in [2.75, 3.05) is 50.6 Å². The Morgan fingerprint density at radius 2 is 1.62 bits per heavy atom. The first-order chi connectivity index (χ1) is 19.1. The highest BCUT2D eigenvalue weighted by Gasteiger charge is 2.34. The van der Waals surface area contributed by atoms with Gasteiger partial charge in [0.15, 0.2) is 0 Å². The Hall–Kier alpha value is -3.56. The molecule has 2 fully saturated rings. The summed E-state index contributed by atoms with van der Waals surface area (Å²) in [6, 6.07) is 23.1. The summed E-state index contributed by atoms with van der Waals surface area (Å²) in [7, 11) is 1.62. The van der Waals surface area contributed by atoms with E-state index in [2.05, 4.69) is 15.5 Å². The molecule has 2 unspecified atom stereocenters. The number of morpholine rings is 1. The molecule has 204 valence electrons. The number of fused-ring (bicyclic) bond motifs is 2. The van der Waals surface area contributed by atoms with Gasteiger partial charge in [0.05, 0.1) is 38.6 Å². The van der Waals surface area contributed by atoms with Gasteiger partial charge in [0.25, 0.3) is 5.91 Å². The minimum Gasteiger partial charge on any atom is -0.382 e. The monoisotopic (exact) mass is 529 g/mol. The van der Waals surface area contributed by atoms with E-state index in [0.29, 0.717) is 36.8 Å². The number of ether oxygens (including phenoxy) is 3. The topological polar surface area (TPSA) is 89.1 Å². The van der Waals surface area contributed by atoms with Crippen LogP contribution < -0.4 is 10.6 Å². The van der Waals surface area contributed by atoms with Crippen LogP contribution in [0.2, 0.25) is 0 Å². The number of anilines is 2. The molecule has 8 nitrogen and oxygen atoms in total. The summed E-state index contributed by atoms with van der Waals surface area (Å²) in [5.74, 6) is -0.377. The minimum atomic E-state index is -0.255. The third-order valence-corrected chi connectivity index (χ3v) is 7.07. The number of hydrogen-bond acceptors (Lipinski definition) is 6. The van der Waals surface area contributed by atoms with Gasteiger partial charge < -0.3 is 24.8 Å². The van der Waals surface area contributed by atoms with E-state index >= 15 is 0 Å². The fourth-order valence-corrected chi connectivity index (χ4v) is 5.09. The van der Waals surface area contributed by atoms with Gasteiger partial charge in [-0.25, -0.2) is 0 Å². The van der Waals surface area contributed by atoms with Crippen molar-refractivity contribution in [1.29, 1.82) is 0 Å². The fourth-order valence-electron chi connectivity index (χ4n) is 5.09. The minimum absolute atomic E-state index is 0.122. The van der Waals surface area contributed by atoms with Crippen LogP contribution in [0.25, 0.3) is 11.1 Å². The standard InChI is InChI=1S/C31H35N3O5/c1-37-15-16-38-21-25-8-7-24(17-29(25)33-30(35)20-34-18-27-13-14-28(19-34)39-27)31(36)32-26-11-9-23(10-12-26)22-5-3-2-4-6-22/h2-12,17,27-28H,13-16,18-21H2,1H3,(H,32,36)(H,33,35). The second-order valence-electron chi connectivity index (χ2n) is 10.0. The molecule has 3 aromatic carbocycles. The lowest BCUT2D eigenvalue weighted by molar-refractivity contribution is -0.119. The summed E-state index contributed by atoms with van der Waals surface area (Å²) >= 11 is 0. The summed E-state index contributed by atoms with van der Waals surface area (Å²) in [6.45, 7) is 3.02. The molecule has 2 aliphatic heterocycles. The van der Waals surface area contributed by atoms with Crippen molar-refractivity contribution in [3.05, 3.63) is 83.9 Å². The third-order valence-electron chi connectivity index (χ3n) is 7.07. The Morgan fingerprint density at radius 1 is 0.897 bits per heavy atom. The molecule has 0 spiro atoms. The molecular formula is C31H35N3O5. The lowest BCUT2D eigenvalue weighted by Gasteiger charge is -2.31. The number of carbonyl (C=O) groups is 2. The molecule has 8 heteroatoms. The summed E-state index contributed by atoms with van der Waals surface area (Å²) in [5.41, 5.74) is 4.70. The van der Waals surface area contributed by atoms with Crippen LogP contribution in [0.3, 0.4) is 0 Å². The van der Waals surface area contributed by atoms with Crippen molar-refractivity contribution in [1.82, 2.24) is 4.90 Å². The van der Waals surface area contributed by atoms with E-state index in [9.17, 15) is 9.59 Å². The molecule has 2 atom stereocenters. The maximum Gasteiger partial charge on any atom is 0.255 e. The zero-order chi connectivity index (χ0) is 27.0. The third kappa shape index (κ3) is 7.30. The summed E-state index contributed by atoms with van der Waals surface area (Å²) < 4.78 is 16.7. The Bertz CT molecular complexity index is 1250. The van der Waals surface area contributed by atoms with E-state index in [-0.39, 0.29) is 30.6 Å². The lowest BCUT2D eigenvalue weighted by atomic mass is 10.1. The predicted octanol–water partition coefficient (Wildman–Crippen LogP) is 4.57. The van der Waals surface area contributed by atoms with Gasteiger partial charge in [-0.3, -0.25) is 14.5 Å². The maximum absolute atomic E-state index is 13.1. The number of amides is 2. The Labute approximate surface area is 229 Å². The van der Waals surface area contributed by atoms with Gasteiger partial charge in [0.2, 0.25) is 5.91 Å². The van der Waals surface area contributed by atoms with Crippen LogP contribution in [0.15, 0.2) is 72.8 Å². The number of hydrogen-bond donors (Lipinski definition) is 2. The molecule has 2 N–H and O–H groups in total. The van der Waals surface area contributed by atoms with Crippen LogP contribution in [0, 0.1) is 0 Å². The lowest BCUT2D eigenvalue weighted by Crippen LogP contribution is -2.45. The number of benzene rings is 3. The van der Waals surface area contributed by atoms with Gasteiger partial charge in [-0.05, 0) is 48.2 Å². The van der Waals surface area contributed by atoms with Crippen LogP contribution in [0.1, 0.15) is 28.8 Å². The van der Waals surface area contributed by atoms with E-state index in [1.165, 1.54) is 0 Å². The second kappa shape index (κ2) is 13.0. The number of carbonyl (C=O) groups excluding carboxylic acids is 2. The van der Waals surface area contributed by atoms with Crippen LogP contribution in [-0.2, 0) is 25.6 Å². The van der Waals surface area contributed by atoms with Crippen molar-refractivity contribution < 1.29 is 23.8 Å². The highest BCUT2D eigenvalue weighted by atomic mass is 16.5. The van der Waals surface area contributed by atoms with Gasteiger partial charge in [-0.2, -0.15) is 0 Å². The highest BCUT2D eigenvalue weighted by Crippen LogP contribution is 2.27. The van der Waals surface area contributed by atoms with E-state index in [4.69, 9.17) is 14.2 Å². The molecule has 2 saturated heterocycles. The van der Waals surface area contributed by atoms with Crippen LogP contribution >= 0.6 is 0 Å². The summed E-state index contributed by atoms with van der Waals surface area (Å²) in [4.78, 5) is 28.3. The number of rotatable bonds is 11. The zero-order valence-electron chi connectivity index (χ0n) is 22.2. The largest absolute Gasteiger partial charge is 0.382 e. The molecule has 0 aliphatic carbocycles. The molecular weight excluding hydrogens is 494 g/mol. The molecule has 39 heavy (non-hydrogen) atoms. The first kappa shape index (κ1) is 27.0. The normalized spacial score (nSPS) is 18.6. The second-order valence-corrected chi connectivity index (χ2v) is 10.0. The van der Waals surface area contributed by atoms with Gasteiger partial charge in [0, 0.05) is 42.7 Å². The van der Waals surface area contributed by atoms with Crippen LogP contribution in [0.5, 0.6) is 0 Å². The zero-order valence-corrected chi connectivity index (χ0v) is 22.2. The van der Waals surface area contributed by atoms with Crippen molar-refractivity contribution in [3.63, 3.8) is 0 Å². The fraction of sp³-hybridized carbons (Fsp3) is 0.355. The predicted molar refractivity (Wildman–Crippen MR) is 151 cm³/mol. The molecule has 0 radical (unpaired) electrons. The number of nitrogens with zero attached hydrogens (tertiary/aromatic N) is 1. The molecule has 3 aromatic rings. The van der Waals surface area contributed by atoms with Gasteiger partial charge in [0.1, 0.15) is 0 Å².